The highest BCUT2D eigenvalue weighted by molar-refractivity contribution is 9.12. The Morgan fingerprint density at radius 1 is 1.38 bits per heavy atom. The second-order valence-electron chi connectivity index (χ2n) is 2.89. The minimum atomic E-state index is 0.483. The smallest absolute Gasteiger partial charge is 0.186 e. The summed E-state index contributed by atoms with van der Waals surface area (Å²) in [6.07, 6.45) is 3.62. The van der Waals surface area contributed by atoms with Crippen LogP contribution >= 0.6 is 28.1 Å². The molecule has 0 fully saturated rings. The molecule has 0 aliphatic rings. The van der Waals surface area contributed by atoms with E-state index in [1.165, 1.54) is 0 Å². The highest BCUT2D eigenvalue weighted by atomic mass is 79.9. The number of hydrogen-bond donors (Lipinski definition) is 2. The lowest BCUT2D eigenvalue weighted by atomic mass is 10.2. The van der Waals surface area contributed by atoms with Gasteiger partial charge in [0.05, 0.1) is 6.21 Å². The average Bonchev–Trinajstić information content (AvgIpc) is 2.30. The maximum Gasteiger partial charge on any atom is 0.186 e. The number of nitrogens with zero attached hydrogens (tertiary/aromatic N) is 1. The van der Waals surface area contributed by atoms with Crippen LogP contribution in [0, 0.1) is 0 Å². The highest BCUT2D eigenvalue weighted by Crippen LogP contribution is 2.09. The topological polar surface area (TPSA) is 36.4 Å². The van der Waals surface area contributed by atoms with E-state index >= 15 is 0 Å². The lowest BCUT2D eigenvalue weighted by Gasteiger charge is -1.99. The quantitative estimate of drug-likeness (QED) is 0.511. The molecule has 1 rings (SSSR count). The fourth-order valence-electron chi connectivity index (χ4n) is 0.954. The first-order chi connectivity index (χ1) is 7.72. The third kappa shape index (κ3) is 5.04. The van der Waals surface area contributed by atoms with Crippen molar-refractivity contribution in [2.75, 3.05) is 7.05 Å². The molecule has 16 heavy (non-hydrogen) atoms. The first-order valence-corrected chi connectivity index (χ1v) is 5.85. The second-order valence-corrected chi connectivity index (χ2v) is 4.21. The van der Waals surface area contributed by atoms with E-state index < -0.39 is 0 Å². The number of benzene rings is 1. The fraction of sp³-hybridized carbons (Fsp3) is 0.0909. The standard InChI is InChI=1S/C11H12BrN3S/c1-13-11(16)15-14-8-10(12)7-9-5-3-2-4-6-9/h2-8H,1H3,(H2,13,15,16)/b10-7-,14-8?. The van der Waals surface area contributed by atoms with Crippen LogP contribution in [-0.2, 0) is 0 Å². The third-order valence-electron chi connectivity index (χ3n) is 1.69. The molecule has 0 bridgehead atoms. The van der Waals surface area contributed by atoms with Gasteiger partial charge in [-0.15, -0.1) is 0 Å². The largest absolute Gasteiger partial charge is 0.364 e. The van der Waals surface area contributed by atoms with Crippen LogP contribution in [0.3, 0.4) is 0 Å². The van der Waals surface area contributed by atoms with Crippen molar-refractivity contribution in [3.63, 3.8) is 0 Å². The van der Waals surface area contributed by atoms with Crippen molar-refractivity contribution in [1.29, 1.82) is 0 Å². The Morgan fingerprint density at radius 2 is 2.06 bits per heavy atom. The predicted octanol–water partition coefficient (Wildman–Crippen LogP) is 2.50. The predicted molar refractivity (Wildman–Crippen MR) is 76.6 cm³/mol. The van der Waals surface area contributed by atoms with Gasteiger partial charge in [0.15, 0.2) is 5.11 Å². The second kappa shape index (κ2) is 7.14. The molecule has 0 radical (unpaired) electrons. The summed E-state index contributed by atoms with van der Waals surface area (Å²) in [6, 6.07) is 9.98. The van der Waals surface area contributed by atoms with Gasteiger partial charge < -0.3 is 5.32 Å². The van der Waals surface area contributed by atoms with Crippen molar-refractivity contribution in [2.45, 2.75) is 0 Å². The maximum atomic E-state index is 4.87. The normalized spacial score (nSPS) is 11.5. The van der Waals surface area contributed by atoms with Gasteiger partial charge in [0.1, 0.15) is 0 Å². The van der Waals surface area contributed by atoms with Crippen molar-refractivity contribution in [3.05, 3.63) is 40.4 Å². The molecular weight excluding hydrogens is 286 g/mol. The number of allylic oxidation sites excluding steroid dienone is 1. The lowest BCUT2D eigenvalue weighted by Crippen LogP contribution is -2.28. The molecule has 1 aromatic carbocycles. The van der Waals surface area contributed by atoms with Gasteiger partial charge in [-0.1, -0.05) is 30.3 Å². The number of halogens is 1. The Morgan fingerprint density at radius 3 is 2.69 bits per heavy atom. The number of hydrogen-bond acceptors (Lipinski definition) is 2. The minimum Gasteiger partial charge on any atom is -0.364 e. The molecular formula is C11H12BrN3S. The summed E-state index contributed by atoms with van der Waals surface area (Å²) < 4.78 is 0.866. The third-order valence-corrected chi connectivity index (χ3v) is 2.41. The van der Waals surface area contributed by atoms with E-state index in [2.05, 4.69) is 31.8 Å². The van der Waals surface area contributed by atoms with Crippen molar-refractivity contribution >= 4 is 45.6 Å². The van der Waals surface area contributed by atoms with Crippen molar-refractivity contribution in [3.8, 4) is 0 Å². The van der Waals surface area contributed by atoms with Crippen LogP contribution in [0.2, 0.25) is 0 Å². The van der Waals surface area contributed by atoms with E-state index in [9.17, 15) is 0 Å². The van der Waals surface area contributed by atoms with Gasteiger partial charge >= 0.3 is 0 Å². The molecule has 5 heteroatoms. The van der Waals surface area contributed by atoms with Crippen molar-refractivity contribution in [1.82, 2.24) is 10.7 Å². The summed E-state index contributed by atoms with van der Waals surface area (Å²) in [7, 11) is 1.74. The monoisotopic (exact) mass is 297 g/mol. The Balaban J connectivity index is 2.55. The Bertz CT molecular complexity index is 401. The summed E-state index contributed by atoms with van der Waals surface area (Å²) in [5, 5.41) is 7.19. The zero-order chi connectivity index (χ0) is 11.8. The van der Waals surface area contributed by atoms with Crippen LogP contribution in [0.4, 0.5) is 0 Å². The zero-order valence-electron chi connectivity index (χ0n) is 8.77. The van der Waals surface area contributed by atoms with Gasteiger partial charge in [-0.05, 0) is 39.8 Å². The summed E-state index contributed by atoms with van der Waals surface area (Å²) in [4.78, 5) is 0. The van der Waals surface area contributed by atoms with Gasteiger partial charge in [0, 0.05) is 11.5 Å². The summed E-state index contributed by atoms with van der Waals surface area (Å²) in [5.74, 6) is 0. The molecule has 0 unspecified atom stereocenters. The van der Waals surface area contributed by atoms with Crippen molar-refractivity contribution < 1.29 is 0 Å². The van der Waals surface area contributed by atoms with E-state index in [1.807, 2.05) is 36.4 Å². The molecule has 0 spiro atoms. The average molecular weight is 298 g/mol. The van der Waals surface area contributed by atoms with E-state index in [1.54, 1.807) is 13.3 Å². The van der Waals surface area contributed by atoms with Gasteiger partial charge in [-0.3, -0.25) is 5.43 Å². The summed E-state index contributed by atoms with van der Waals surface area (Å²) in [6.45, 7) is 0. The van der Waals surface area contributed by atoms with Crippen LogP contribution in [0.1, 0.15) is 5.56 Å². The molecule has 0 heterocycles. The number of nitrogens with one attached hydrogen (secondary N) is 2. The van der Waals surface area contributed by atoms with E-state index in [0.29, 0.717) is 5.11 Å². The molecule has 84 valence electrons. The van der Waals surface area contributed by atoms with Crippen LogP contribution in [0.15, 0.2) is 39.9 Å². The van der Waals surface area contributed by atoms with E-state index in [4.69, 9.17) is 12.2 Å². The van der Waals surface area contributed by atoms with Crippen LogP contribution in [0.25, 0.3) is 6.08 Å². The maximum absolute atomic E-state index is 4.87. The van der Waals surface area contributed by atoms with E-state index in [-0.39, 0.29) is 0 Å². The SMILES string of the molecule is CNC(=S)NN=C/C(Br)=C/c1ccccc1. The molecule has 0 saturated heterocycles. The summed E-state index contributed by atoms with van der Waals surface area (Å²) in [5.41, 5.74) is 3.78. The molecule has 0 aliphatic carbocycles. The van der Waals surface area contributed by atoms with Gasteiger partial charge in [-0.2, -0.15) is 5.10 Å². The molecule has 3 nitrogen and oxygen atoms in total. The van der Waals surface area contributed by atoms with Gasteiger partial charge in [-0.25, -0.2) is 0 Å². The fourth-order valence-corrected chi connectivity index (χ4v) is 1.37. The molecule has 0 amide bonds. The number of thiocarbonyl (C=S) groups is 1. The Hall–Kier alpha value is -1.20. The van der Waals surface area contributed by atoms with E-state index in [0.717, 1.165) is 10.0 Å². The molecule has 0 aromatic heterocycles. The first kappa shape index (κ1) is 12.9. The van der Waals surface area contributed by atoms with Crippen LogP contribution < -0.4 is 10.7 Å². The van der Waals surface area contributed by atoms with Crippen molar-refractivity contribution in [2.24, 2.45) is 5.10 Å². The molecule has 0 aliphatic heterocycles. The minimum absolute atomic E-state index is 0.483. The molecule has 1 aromatic rings. The zero-order valence-corrected chi connectivity index (χ0v) is 11.2. The number of rotatable bonds is 3. The summed E-state index contributed by atoms with van der Waals surface area (Å²) >= 11 is 8.26. The first-order valence-electron chi connectivity index (χ1n) is 4.65. The molecule has 0 saturated carbocycles. The molecule has 0 atom stereocenters. The van der Waals surface area contributed by atoms with Gasteiger partial charge in [0.25, 0.3) is 0 Å². The molecule has 2 N–H and O–H groups in total. The lowest BCUT2D eigenvalue weighted by molar-refractivity contribution is 0.983. The Labute approximate surface area is 109 Å². The van der Waals surface area contributed by atoms with Crippen LogP contribution in [0.5, 0.6) is 0 Å². The van der Waals surface area contributed by atoms with Gasteiger partial charge in [0.2, 0.25) is 0 Å². The van der Waals surface area contributed by atoms with Crippen LogP contribution in [-0.4, -0.2) is 18.4 Å². The highest BCUT2D eigenvalue weighted by Gasteiger charge is 1.89. The number of hydrazone groups is 1. The Kier molecular flexibility index (Phi) is 5.74.